The first-order chi connectivity index (χ1) is 9.52. The van der Waals surface area contributed by atoms with Gasteiger partial charge in [-0.25, -0.2) is 0 Å². The van der Waals surface area contributed by atoms with Gasteiger partial charge in [0, 0.05) is 23.6 Å². The van der Waals surface area contributed by atoms with Crippen LogP contribution >= 0.6 is 15.9 Å². The highest BCUT2D eigenvalue weighted by molar-refractivity contribution is 9.10. The van der Waals surface area contributed by atoms with E-state index in [2.05, 4.69) is 65.1 Å². The van der Waals surface area contributed by atoms with Gasteiger partial charge in [0.15, 0.2) is 0 Å². The first-order valence-corrected chi connectivity index (χ1v) is 8.54. The Labute approximate surface area is 132 Å². The van der Waals surface area contributed by atoms with Crippen LogP contribution in [0.3, 0.4) is 0 Å². The minimum absolute atomic E-state index is 0.395. The summed E-state index contributed by atoms with van der Waals surface area (Å²) >= 11 is 3.75. The third-order valence-electron chi connectivity index (χ3n) is 4.73. The summed E-state index contributed by atoms with van der Waals surface area (Å²) in [6.07, 6.45) is 2.64. The molecule has 1 aromatic rings. The van der Waals surface area contributed by atoms with Crippen molar-refractivity contribution >= 4 is 21.6 Å². The maximum absolute atomic E-state index is 3.75. The number of piperidine rings is 1. The van der Waals surface area contributed by atoms with E-state index in [1.165, 1.54) is 41.7 Å². The van der Waals surface area contributed by atoms with Crippen molar-refractivity contribution in [2.75, 3.05) is 25.0 Å². The highest BCUT2D eigenvalue weighted by Gasteiger charge is 2.22. The van der Waals surface area contributed by atoms with Crippen molar-refractivity contribution in [1.29, 1.82) is 0 Å². The van der Waals surface area contributed by atoms with E-state index in [-0.39, 0.29) is 0 Å². The number of nitrogens with one attached hydrogen (secondary N) is 1. The van der Waals surface area contributed by atoms with Crippen LogP contribution in [0.25, 0.3) is 0 Å². The van der Waals surface area contributed by atoms with Gasteiger partial charge in [-0.3, -0.25) is 0 Å². The van der Waals surface area contributed by atoms with E-state index < -0.39 is 0 Å². The van der Waals surface area contributed by atoms with E-state index in [9.17, 15) is 0 Å². The molecule has 0 amide bonds. The molecule has 0 aromatic heterocycles. The number of benzene rings is 1. The number of hydrogen-bond donors (Lipinski definition) is 1. The Morgan fingerprint density at radius 3 is 2.35 bits per heavy atom. The molecule has 3 heteroatoms. The van der Waals surface area contributed by atoms with Crippen molar-refractivity contribution < 1.29 is 0 Å². The van der Waals surface area contributed by atoms with Crippen molar-refractivity contribution in [1.82, 2.24) is 5.32 Å². The fraction of sp³-hybridized carbons (Fsp3) is 0.647. The Balaban J connectivity index is 2.07. The third kappa shape index (κ3) is 3.56. The summed E-state index contributed by atoms with van der Waals surface area (Å²) in [6.45, 7) is 9.26. The third-order valence-corrected chi connectivity index (χ3v) is 5.36. The van der Waals surface area contributed by atoms with Crippen molar-refractivity contribution in [3.63, 3.8) is 0 Å². The molecule has 1 heterocycles. The molecule has 0 saturated carbocycles. The molecule has 2 rings (SSSR count). The van der Waals surface area contributed by atoms with Gasteiger partial charge in [0.05, 0.1) is 5.69 Å². The Morgan fingerprint density at radius 1 is 1.20 bits per heavy atom. The van der Waals surface area contributed by atoms with Gasteiger partial charge >= 0.3 is 0 Å². The zero-order chi connectivity index (χ0) is 14.7. The molecule has 0 aliphatic carbocycles. The molecule has 1 aliphatic rings. The topological polar surface area (TPSA) is 15.3 Å². The van der Waals surface area contributed by atoms with Crippen LogP contribution in [0.1, 0.15) is 45.2 Å². The molecule has 1 saturated heterocycles. The van der Waals surface area contributed by atoms with Gasteiger partial charge < -0.3 is 10.2 Å². The Bertz CT molecular complexity index is 437. The Kier molecular flexibility index (Phi) is 5.50. The molecule has 0 bridgehead atoms. The van der Waals surface area contributed by atoms with E-state index in [1.54, 1.807) is 0 Å². The average molecular weight is 339 g/mol. The van der Waals surface area contributed by atoms with Crippen LogP contribution in [0.5, 0.6) is 0 Å². The molecular weight excluding hydrogens is 312 g/mol. The summed E-state index contributed by atoms with van der Waals surface area (Å²) in [5.74, 6) is 1.72. The first kappa shape index (κ1) is 15.8. The maximum atomic E-state index is 3.75. The molecule has 1 N–H and O–H groups in total. The number of anilines is 1. The van der Waals surface area contributed by atoms with Crippen LogP contribution in [0.4, 0.5) is 5.69 Å². The van der Waals surface area contributed by atoms with Gasteiger partial charge in [-0.2, -0.15) is 0 Å². The van der Waals surface area contributed by atoms with Crippen LogP contribution in [0.2, 0.25) is 0 Å². The summed E-state index contributed by atoms with van der Waals surface area (Å²) < 4.78 is 1.22. The molecule has 112 valence electrons. The van der Waals surface area contributed by atoms with Gasteiger partial charge in [-0.1, -0.05) is 19.9 Å². The van der Waals surface area contributed by atoms with Crippen LogP contribution in [-0.2, 0) is 0 Å². The second-order valence-electron chi connectivity index (χ2n) is 6.29. The van der Waals surface area contributed by atoms with Crippen molar-refractivity contribution in [3.8, 4) is 0 Å². The predicted octanol–water partition coefficient (Wildman–Crippen LogP) is 4.60. The van der Waals surface area contributed by atoms with Gasteiger partial charge in [0.25, 0.3) is 0 Å². The van der Waals surface area contributed by atoms with Crippen LogP contribution in [0, 0.1) is 11.8 Å². The minimum atomic E-state index is 0.395. The average Bonchev–Trinajstić information content (AvgIpc) is 2.46. The fourth-order valence-corrected chi connectivity index (χ4v) is 3.67. The summed E-state index contributed by atoms with van der Waals surface area (Å²) in [5.41, 5.74) is 2.68. The molecular formula is C17H27BrN2. The fourth-order valence-electron chi connectivity index (χ4n) is 3.02. The lowest BCUT2D eigenvalue weighted by molar-refractivity contribution is 0.311. The van der Waals surface area contributed by atoms with Crippen molar-refractivity contribution in [2.24, 2.45) is 11.8 Å². The molecule has 2 nitrogen and oxygen atoms in total. The highest BCUT2D eigenvalue weighted by Crippen LogP contribution is 2.33. The normalized spacial score (nSPS) is 18.6. The zero-order valence-electron chi connectivity index (χ0n) is 13.1. The van der Waals surface area contributed by atoms with Crippen LogP contribution in [0.15, 0.2) is 22.7 Å². The van der Waals surface area contributed by atoms with Crippen molar-refractivity contribution in [2.45, 2.75) is 39.7 Å². The van der Waals surface area contributed by atoms with E-state index in [1.807, 2.05) is 7.05 Å². The summed E-state index contributed by atoms with van der Waals surface area (Å²) in [6, 6.07) is 7.16. The smallest absolute Gasteiger partial charge is 0.0510 e. The summed E-state index contributed by atoms with van der Waals surface area (Å²) in [7, 11) is 2.00. The predicted molar refractivity (Wildman–Crippen MR) is 91.4 cm³/mol. The molecule has 0 radical (unpaired) electrons. The molecule has 1 aliphatic heterocycles. The van der Waals surface area contributed by atoms with E-state index in [0.717, 1.165) is 11.8 Å². The second-order valence-corrected chi connectivity index (χ2v) is 7.14. The standard InChI is InChI=1S/C17H27BrN2/c1-12(2)14-7-9-20(10-8-14)17-6-5-15(11-16(17)18)13(3)19-4/h5-6,11-14,19H,7-10H2,1-4H3. The quantitative estimate of drug-likeness (QED) is 0.862. The molecule has 1 aromatic carbocycles. The number of halogens is 1. The number of nitrogens with zero attached hydrogens (tertiary/aromatic N) is 1. The molecule has 20 heavy (non-hydrogen) atoms. The summed E-state index contributed by atoms with van der Waals surface area (Å²) in [4.78, 5) is 2.52. The molecule has 0 spiro atoms. The van der Waals surface area contributed by atoms with Crippen LogP contribution in [-0.4, -0.2) is 20.1 Å². The lowest BCUT2D eigenvalue weighted by atomic mass is 9.86. The number of rotatable bonds is 4. The van der Waals surface area contributed by atoms with Gasteiger partial charge in [0.2, 0.25) is 0 Å². The monoisotopic (exact) mass is 338 g/mol. The van der Waals surface area contributed by atoms with Crippen molar-refractivity contribution in [3.05, 3.63) is 28.2 Å². The largest absolute Gasteiger partial charge is 0.371 e. The first-order valence-electron chi connectivity index (χ1n) is 7.74. The van der Waals surface area contributed by atoms with Gasteiger partial charge in [-0.15, -0.1) is 0 Å². The minimum Gasteiger partial charge on any atom is -0.371 e. The SMILES string of the molecule is CNC(C)c1ccc(N2CCC(C(C)C)CC2)c(Br)c1. The molecule has 1 fully saturated rings. The lowest BCUT2D eigenvalue weighted by Crippen LogP contribution is -2.35. The van der Waals surface area contributed by atoms with Crippen LogP contribution < -0.4 is 10.2 Å². The Hall–Kier alpha value is -0.540. The van der Waals surface area contributed by atoms with Gasteiger partial charge in [0.1, 0.15) is 0 Å². The second kappa shape index (κ2) is 6.95. The van der Waals surface area contributed by atoms with E-state index in [4.69, 9.17) is 0 Å². The maximum Gasteiger partial charge on any atom is 0.0510 e. The molecule has 1 atom stereocenters. The Morgan fingerprint density at radius 2 is 1.85 bits per heavy atom. The zero-order valence-corrected chi connectivity index (χ0v) is 14.7. The highest BCUT2D eigenvalue weighted by atomic mass is 79.9. The van der Waals surface area contributed by atoms with E-state index >= 15 is 0 Å². The lowest BCUT2D eigenvalue weighted by Gasteiger charge is -2.36. The van der Waals surface area contributed by atoms with Gasteiger partial charge in [-0.05, 0) is 72.3 Å². The van der Waals surface area contributed by atoms with E-state index in [0.29, 0.717) is 6.04 Å². The molecule has 1 unspecified atom stereocenters. The summed E-state index contributed by atoms with van der Waals surface area (Å²) in [5, 5.41) is 3.29. The number of hydrogen-bond acceptors (Lipinski definition) is 2.